The molecule has 2 amide bonds. The van der Waals surface area contributed by atoms with E-state index >= 15 is 0 Å². The second kappa shape index (κ2) is 8.12. The lowest BCUT2D eigenvalue weighted by atomic mass is 10.0. The molecule has 1 heterocycles. The number of amides is 2. The molecule has 0 aliphatic rings. The molecule has 0 fully saturated rings. The maximum Gasteiger partial charge on any atom is 0.319 e. The van der Waals surface area contributed by atoms with Gasteiger partial charge >= 0.3 is 6.03 Å². The van der Waals surface area contributed by atoms with Gasteiger partial charge in [0.2, 0.25) is 0 Å². The summed E-state index contributed by atoms with van der Waals surface area (Å²) >= 11 is 0. The number of aromatic amines is 1. The number of carbonyl (C=O) groups excluding carboxylic acids is 1. The first kappa shape index (κ1) is 16.7. The van der Waals surface area contributed by atoms with Gasteiger partial charge in [0, 0.05) is 24.1 Å². The number of nitrogens with zero attached hydrogens (tertiary/aromatic N) is 1. The summed E-state index contributed by atoms with van der Waals surface area (Å²) in [6, 6.07) is 16.6. The number of urea groups is 1. The highest BCUT2D eigenvalue weighted by Gasteiger charge is 2.14. The number of nitrogens with one attached hydrogen (secondary N) is 3. The predicted molar refractivity (Wildman–Crippen MR) is 97.1 cm³/mol. The van der Waals surface area contributed by atoms with E-state index in [-0.39, 0.29) is 18.7 Å². The van der Waals surface area contributed by atoms with Crippen molar-refractivity contribution in [2.24, 2.45) is 0 Å². The number of aliphatic hydroxyl groups excluding tert-OH is 1. The first-order valence-corrected chi connectivity index (χ1v) is 8.09. The minimum absolute atomic E-state index is 0.000756. The molecule has 0 radical (unpaired) electrons. The first-order valence-electron chi connectivity index (χ1n) is 8.09. The average Bonchev–Trinajstić information content (AvgIpc) is 3.17. The molecule has 25 heavy (non-hydrogen) atoms. The van der Waals surface area contributed by atoms with E-state index in [4.69, 9.17) is 0 Å². The second-order valence-corrected chi connectivity index (χ2v) is 5.64. The summed E-state index contributed by atoms with van der Waals surface area (Å²) in [5.41, 5.74) is 3.66. The Morgan fingerprint density at radius 2 is 1.84 bits per heavy atom. The van der Waals surface area contributed by atoms with Gasteiger partial charge in [-0.2, -0.15) is 5.10 Å². The third-order valence-electron chi connectivity index (χ3n) is 3.90. The molecule has 6 heteroatoms. The molecule has 0 aliphatic heterocycles. The van der Waals surface area contributed by atoms with E-state index in [0.717, 1.165) is 16.7 Å². The topological polar surface area (TPSA) is 90.0 Å². The largest absolute Gasteiger partial charge is 0.396 e. The summed E-state index contributed by atoms with van der Waals surface area (Å²) in [5, 5.41) is 21.7. The number of H-pyrrole nitrogens is 1. The Bertz CT molecular complexity index is 786. The Labute approximate surface area is 145 Å². The molecular weight excluding hydrogens is 316 g/mol. The molecular formula is C19H20N4O2. The fraction of sp³-hybridized carbons (Fsp3) is 0.158. The van der Waals surface area contributed by atoms with Crippen molar-refractivity contribution in [1.29, 1.82) is 0 Å². The molecule has 0 saturated carbocycles. The minimum Gasteiger partial charge on any atom is -0.396 e. The van der Waals surface area contributed by atoms with Crippen LogP contribution in [0.25, 0.3) is 11.1 Å². The molecule has 3 rings (SSSR count). The van der Waals surface area contributed by atoms with Crippen LogP contribution < -0.4 is 10.6 Å². The van der Waals surface area contributed by atoms with Gasteiger partial charge in [-0.05, 0) is 29.7 Å². The Hall–Kier alpha value is -3.12. The maximum absolute atomic E-state index is 12.3. The molecule has 4 N–H and O–H groups in total. The van der Waals surface area contributed by atoms with Crippen molar-refractivity contribution < 1.29 is 9.90 Å². The van der Waals surface area contributed by atoms with Crippen molar-refractivity contribution in [1.82, 2.24) is 15.5 Å². The Morgan fingerprint density at radius 1 is 1.08 bits per heavy atom. The third-order valence-corrected chi connectivity index (χ3v) is 3.90. The highest BCUT2D eigenvalue weighted by Crippen LogP contribution is 2.20. The normalized spacial score (nSPS) is 11.7. The molecule has 0 saturated heterocycles. The van der Waals surface area contributed by atoms with Gasteiger partial charge in [-0.15, -0.1) is 0 Å². The van der Waals surface area contributed by atoms with Crippen LogP contribution in [0.2, 0.25) is 0 Å². The molecule has 0 spiro atoms. The lowest BCUT2D eigenvalue weighted by Gasteiger charge is -2.18. The summed E-state index contributed by atoms with van der Waals surface area (Å²) in [6.45, 7) is -0.000756. The van der Waals surface area contributed by atoms with Crippen LogP contribution in [0.1, 0.15) is 18.0 Å². The van der Waals surface area contributed by atoms with E-state index in [2.05, 4.69) is 20.8 Å². The maximum atomic E-state index is 12.3. The molecule has 1 unspecified atom stereocenters. The molecule has 6 nitrogen and oxygen atoms in total. The smallest absolute Gasteiger partial charge is 0.319 e. The zero-order chi connectivity index (χ0) is 17.5. The first-order chi connectivity index (χ1) is 12.3. The summed E-state index contributed by atoms with van der Waals surface area (Å²) in [5.74, 6) is 0. The molecule has 0 bridgehead atoms. The Kier molecular flexibility index (Phi) is 5.43. The molecule has 2 aromatic carbocycles. The molecule has 3 aromatic rings. The zero-order valence-corrected chi connectivity index (χ0v) is 13.6. The van der Waals surface area contributed by atoms with Crippen molar-refractivity contribution in [3.8, 4) is 11.1 Å². The summed E-state index contributed by atoms with van der Waals surface area (Å²) in [6.07, 6.45) is 4.01. The van der Waals surface area contributed by atoms with Crippen LogP contribution in [-0.4, -0.2) is 27.9 Å². The molecule has 1 aromatic heterocycles. The number of hydrogen-bond donors (Lipinski definition) is 4. The SMILES string of the molecule is O=C(Nc1ccc(-c2cn[nH]c2)cc1)NC(CCO)c1ccccc1. The van der Waals surface area contributed by atoms with Gasteiger partial charge in [-0.25, -0.2) is 4.79 Å². The van der Waals surface area contributed by atoms with Crippen LogP contribution in [0.4, 0.5) is 10.5 Å². The number of benzene rings is 2. The van der Waals surface area contributed by atoms with Gasteiger partial charge in [0.25, 0.3) is 0 Å². The highest BCUT2D eigenvalue weighted by molar-refractivity contribution is 5.89. The third kappa shape index (κ3) is 4.45. The summed E-state index contributed by atoms with van der Waals surface area (Å²) < 4.78 is 0. The van der Waals surface area contributed by atoms with E-state index < -0.39 is 0 Å². The van der Waals surface area contributed by atoms with Crippen LogP contribution in [0.3, 0.4) is 0 Å². The van der Waals surface area contributed by atoms with Crippen LogP contribution in [0.5, 0.6) is 0 Å². The Balaban J connectivity index is 1.63. The van der Waals surface area contributed by atoms with Gasteiger partial charge < -0.3 is 15.7 Å². The number of aromatic nitrogens is 2. The van der Waals surface area contributed by atoms with E-state index in [1.165, 1.54) is 0 Å². The van der Waals surface area contributed by atoms with Crippen molar-refractivity contribution in [2.75, 3.05) is 11.9 Å². The van der Waals surface area contributed by atoms with Gasteiger partial charge in [-0.1, -0.05) is 42.5 Å². The van der Waals surface area contributed by atoms with Gasteiger partial charge in [0.15, 0.2) is 0 Å². The lowest BCUT2D eigenvalue weighted by molar-refractivity contribution is 0.239. The van der Waals surface area contributed by atoms with Gasteiger partial charge in [0.1, 0.15) is 0 Å². The summed E-state index contributed by atoms with van der Waals surface area (Å²) in [4.78, 5) is 12.3. The van der Waals surface area contributed by atoms with Crippen molar-refractivity contribution in [3.63, 3.8) is 0 Å². The Morgan fingerprint density at radius 3 is 2.48 bits per heavy atom. The lowest BCUT2D eigenvalue weighted by Crippen LogP contribution is -2.33. The molecule has 128 valence electrons. The van der Waals surface area contributed by atoms with Crippen molar-refractivity contribution in [2.45, 2.75) is 12.5 Å². The second-order valence-electron chi connectivity index (χ2n) is 5.64. The molecule has 0 aliphatic carbocycles. The highest BCUT2D eigenvalue weighted by atomic mass is 16.3. The number of carbonyl (C=O) groups is 1. The fourth-order valence-electron chi connectivity index (χ4n) is 2.62. The standard InChI is InChI=1S/C19H20N4O2/c24-11-10-18(15-4-2-1-3-5-15)23-19(25)22-17-8-6-14(7-9-17)16-12-20-21-13-16/h1-9,12-13,18,24H,10-11H2,(H,20,21)(H2,22,23,25). The predicted octanol–water partition coefficient (Wildman–Crippen LogP) is 3.32. The van der Waals surface area contributed by atoms with Crippen molar-refractivity contribution >= 4 is 11.7 Å². The van der Waals surface area contributed by atoms with Gasteiger partial charge in [-0.3, -0.25) is 5.10 Å². The van der Waals surface area contributed by atoms with E-state index in [1.54, 1.807) is 6.20 Å². The zero-order valence-electron chi connectivity index (χ0n) is 13.6. The molecule has 1 atom stereocenters. The van der Waals surface area contributed by atoms with Crippen LogP contribution >= 0.6 is 0 Å². The van der Waals surface area contributed by atoms with E-state index in [9.17, 15) is 9.90 Å². The van der Waals surface area contributed by atoms with Crippen LogP contribution in [-0.2, 0) is 0 Å². The average molecular weight is 336 g/mol. The van der Waals surface area contributed by atoms with Gasteiger partial charge in [0.05, 0.1) is 12.2 Å². The van der Waals surface area contributed by atoms with Crippen molar-refractivity contribution in [3.05, 3.63) is 72.6 Å². The number of hydrogen-bond acceptors (Lipinski definition) is 3. The fourth-order valence-corrected chi connectivity index (χ4v) is 2.62. The quantitative estimate of drug-likeness (QED) is 0.556. The van der Waals surface area contributed by atoms with E-state index in [1.807, 2.05) is 60.8 Å². The monoisotopic (exact) mass is 336 g/mol. The number of rotatable bonds is 6. The number of anilines is 1. The minimum atomic E-state index is -0.307. The van der Waals surface area contributed by atoms with E-state index in [0.29, 0.717) is 12.1 Å². The van der Waals surface area contributed by atoms with Crippen LogP contribution in [0, 0.1) is 0 Å². The summed E-state index contributed by atoms with van der Waals surface area (Å²) in [7, 11) is 0. The number of aliphatic hydroxyl groups is 1. The van der Waals surface area contributed by atoms with Crippen LogP contribution in [0.15, 0.2) is 67.0 Å².